The molecule has 1 nitrogen and oxygen atoms in total. The van der Waals surface area contributed by atoms with Crippen LogP contribution in [0.1, 0.15) is 40.0 Å². The van der Waals surface area contributed by atoms with Crippen molar-refractivity contribution in [2.75, 3.05) is 6.61 Å². The fraction of sp³-hybridized carbons (Fsp3) is 0.818. The van der Waals surface area contributed by atoms with Crippen LogP contribution >= 0.6 is 0 Å². The van der Waals surface area contributed by atoms with E-state index in [0.717, 1.165) is 18.9 Å². The highest BCUT2D eigenvalue weighted by Crippen LogP contribution is 2.21. The fourth-order valence-electron chi connectivity index (χ4n) is 1.55. The Morgan fingerprint density at radius 3 is 2.92 bits per heavy atom. The Bertz CT molecular complexity index is 160. The van der Waals surface area contributed by atoms with Gasteiger partial charge in [-0.1, -0.05) is 25.5 Å². The van der Waals surface area contributed by atoms with E-state index in [1.54, 1.807) is 0 Å². The molecule has 70 valence electrons. The first kappa shape index (κ1) is 9.79. The lowest BCUT2D eigenvalue weighted by Gasteiger charge is -2.25. The van der Waals surface area contributed by atoms with Gasteiger partial charge in [-0.2, -0.15) is 0 Å². The summed E-state index contributed by atoms with van der Waals surface area (Å²) < 4.78 is 5.64. The molecule has 0 aromatic carbocycles. The molecule has 0 saturated carbocycles. The van der Waals surface area contributed by atoms with Crippen molar-refractivity contribution >= 4 is 0 Å². The minimum absolute atomic E-state index is 0.397. The maximum absolute atomic E-state index is 5.64. The molecule has 0 aromatic rings. The predicted octanol–water partition coefficient (Wildman–Crippen LogP) is 3.16. The van der Waals surface area contributed by atoms with Crippen molar-refractivity contribution in [1.29, 1.82) is 0 Å². The average molecular weight is 168 g/mol. The van der Waals surface area contributed by atoms with Crippen LogP contribution in [0.2, 0.25) is 0 Å². The molecule has 1 heteroatoms. The van der Waals surface area contributed by atoms with Crippen LogP contribution in [0.15, 0.2) is 11.6 Å². The monoisotopic (exact) mass is 168 g/mol. The van der Waals surface area contributed by atoms with Crippen LogP contribution in [0, 0.1) is 5.92 Å². The zero-order valence-corrected chi connectivity index (χ0v) is 8.47. The van der Waals surface area contributed by atoms with E-state index < -0.39 is 0 Å². The van der Waals surface area contributed by atoms with Crippen LogP contribution in [0.25, 0.3) is 0 Å². The van der Waals surface area contributed by atoms with Crippen molar-refractivity contribution < 1.29 is 4.74 Å². The van der Waals surface area contributed by atoms with E-state index in [1.165, 1.54) is 18.4 Å². The molecule has 1 heterocycles. The van der Waals surface area contributed by atoms with E-state index in [4.69, 9.17) is 4.74 Å². The highest BCUT2D eigenvalue weighted by atomic mass is 16.5. The van der Waals surface area contributed by atoms with Crippen LogP contribution in [0.3, 0.4) is 0 Å². The second-order valence-electron chi connectivity index (χ2n) is 3.91. The summed E-state index contributed by atoms with van der Waals surface area (Å²) in [5, 5.41) is 0. The molecule has 1 rings (SSSR count). The highest BCUT2D eigenvalue weighted by molar-refractivity contribution is 5.02. The standard InChI is InChI=1S/C11H20O/c1-4-9(2)7-11-8-10(3)5-6-12-11/h7,10-11H,4-6,8H2,1-3H3/b9-7-/t10-,11-/m0/s1. The predicted molar refractivity (Wildman–Crippen MR) is 52.2 cm³/mol. The van der Waals surface area contributed by atoms with E-state index in [2.05, 4.69) is 26.8 Å². The number of allylic oxidation sites excluding steroid dienone is 1. The van der Waals surface area contributed by atoms with Crippen LogP contribution in [0.5, 0.6) is 0 Å². The third-order valence-electron chi connectivity index (χ3n) is 2.61. The van der Waals surface area contributed by atoms with Gasteiger partial charge < -0.3 is 4.74 Å². The van der Waals surface area contributed by atoms with Gasteiger partial charge in [-0.3, -0.25) is 0 Å². The molecule has 1 saturated heterocycles. The normalized spacial score (nSPS) is 32.1. The summed E-state index contributed by atoms with van der Waals surface area (Å²) in [6.07, 6.45) is 6.27. The zero-order chi connectivity index (χ0) is 8.97. The summed E-state index contributed by atoms with van der Waals surface area (Å²) >= 11 is 0. The molecule has 0 radical (unpaired) electrons. The lowest BCUT2D eigenvalue weighted by molar-refractivity contribution is 0.0234. The Morgan fingerprint density at radius 1 is 1.58 bits per heavy atom. The number of rotatable bonds is 2. The number of ether oxygens (including phenoxy) is 1. The quantitative estimate of drug-likeness (QED) is 0.575. The first-order valence-corrected chi connectivity index (χ1v) is 5.01. The zero-order valence-electron chi connectivity index (χ0n) is 8.47. The lowest BCUT2D eigenvalue weighted by atomic mass is 9.96. The topological polar surface area (TPSA) is 9.23 Å². The molecule has 0 bridgehead atoms. The van der Waals surface area contributed by atoms with Gasteiger partial charge in [0.05, 0.1) is 6.10 Å². The van der Waals surface area contributed by atoms with Crippen LogP contribution < -0.4 is 0 Å². The Kier molecular flexibility index (Phi) is 3.80. The summed E-state index contributed by atoms with van der Waals surface area (Å²) in [5.41, 5.74) is 1.45. The summed E-state index contributed by atoms with van der Waals surface area (Å²) in [5.74, 6) is 0.838. The van der Waals surface area contributed by atoms with Gasteiger partial charge in [0.2, 0.25) is 0 Å². The summed E-state index contributed by atoms with van der Waals surface area (Å²) in [4.78, 5) is 0. The van der Waals surface area contributed by atoms with Crippen LogP contribution in [-0.2, 0) is 4.74 Å². The molecule has 2 atom stereocenters. The van der Waals surface area contributed by atoms with Gasteiger partial charge in [-0.05, 0) is 32.1 Å². The van der Waals surface area contributed by atoms with Gasteiger partial charge in [0, 0.05) is 6.61 Å². The molecule has 1 aliphatic heterocycles. The van der Waals surface area contributed by atoms with Crippen molar-refractivity contribution in [2.24, 2.45) is 5.92 Å². The molecule has 1 fully saturated rings. The van der Waals surface area contributed by atoms with E-state index >= 15 is 0 Å². The third kappa shape index (κ3) is 2.98. The first-order chi connectivity index (χ1) is 5.72. The minimum atomic E-state index is 0.397. The van der Waals surface area contributed by atoms with Gasteiger partial charge in [0.25, 0.3) is 0 Å². The summed E-state index contributed by atoms with van der Waals surface area (Å²) in [6.45, 7) is 7.63. The largest absolute Gasteiger partial charge is 0.374 e. The second kappa shape index (κ2) is 4.66. The van der Waals surface area contributed by atoms with Gasteiger partial charge in [0.1, 0.15) is 0 Å². The Labute approximate surface area is 75.8 Å². The molecule has 0 amide bonds. The first-order valence-electron chi connectivity index (χ1n) is 5.01. The van der Waals surface area contributed by atoms with Crippen molar-refractivity contribution in [3.63, 3.8) is 0 Å². The molecule has 0 spiro atoms. The van der Waals surface area contributed by atoms with E-state index in [0.29, 0.717) is 6.10 Å². The average Bonchev–Trinajstić information content (AvgIpc) is 2.04. The van der Waals surface area contributed by atoms with Crippen molar-refractivity contribution in [3.8, 4) is 0 Å². The summed E-state index contributed by atoms with van der Waals surface area (Å²) in [7, 11) is 0. The van der Waals surface area contributed by atoms with E-state index in [1.807, 2.05) is 0 Å². The highest BCUT2D eigenvalue weighted by Gasteiger charge is 2.16. The molecule has 1 aliphatic rings. The Morgan fingerprint density at radius 2 is 2.33 bits per heavy atom. The Hall–Kier alpha value is -0.300. The maximum Gasteiger partial charge on any atom is 0.0760 e. The van der Waals surface area contributed by atoms with Gasteiger partial charge in [0.15, 0.2) is 0 Å². The van der Waals surface area contributed by atoms with Crippen molar-refractivity contribution in [3.05, 3.63) is 11.6 Å². The molecule has 0 unspecified atom stereocenters. The van der Waals surface area contributed by atoms with Gasteiger partial charge in [-0.25, -0.2) is 0 Å². The third-order valence-corrected chi connectivity index (χ3v) is 2.61. The fourth-order valence-corrected chi connectivity index (χ4v) is 1.55. The van der Waals surface area contributed by atoms with Gasteiger partial charge >= 0.3 is 0 Å². The molecule has 0 aliphatic carbocycles. The van der Waals surface area contributed by atoms with Crippen LogP contribution in [-0.4, -0.2) is 12.7 Å². The smallest absolute Gasteiger partial charge is 0.0760 e. The second-order valence-corrected chi connectivity index (χ2v) is 3.91. The molecular weight excluding hydrogens is 148 g/mol. The van der Waals surface area contributed by atoms with Gasteiger partial charge in [-0.15, -0.1) is 0 Å². The van der Waals surface area contributed by atoms with Crippen LogP contribution in [0.4, 0.5) is 0 Å². The SMILES string of the molecule is CC/C(C)=C\[C@H]1C[C@@H](C)CCO1. The molecule has 12 heavy (non-hydrogen) atoms. The van der Waals surface area contributed by atoms with Crippen molar-refractivity contribution in [2.45, 2.75) is 46.1 Å². The number of hydrogen-bond donors (Lipinski definition) is 0. The number of hydrogen-bond acceptors (Lipinski definition) is 1. The van der Waals surface area contributed by atoms with Crippen molar-refractivity contribution in [1.82, 2.24) is 0 Å². The Balaban J connectivity index is 2.41. The summed E-state index contributed by atoms with van der Waals surface area (Å²) in [6, 6.07) is 0. The lowest BCUT2D eigenvalue weighted by Crippen LogP contribution is -2.22. The van der Waals surface area contributed by atoms with E-state index in [-0.39, 0.29) is 0 Å². The maximum atomic E-state index is 5.64. The minimum Gasteiger partial charge on any atom is -0.374 e. The molecule has 0 N–H and O–H groups in total. The molecule has 0 aromatic heterocycles. The molecular formula is C11H20O. The van der Waals surface area contributed by atoms with E-state index in [9.17, 15) is 0 Å².